The molecule has 18 heavy (non-hydrogen) atoms. The van der Waals surface area contributed by atoms with Crippen molar-refractivity contribution in [3.8, 4) is 0 Å². The Hall–Kier alpha value is -0.340. The van der Waals surface area contributed by atoms with E-state index >= 15 is 0 Å². The highest BCUT2D eigenvalue weighted by Crippen LogP contribution is 2.30. The van der Waals surface area contributed by atoms with Crippen LogP contribution in [0.3, 0.4) is 0 Å². The van der Waals surface area contributed by atoms with Gasteiger partial charge in [-0.1, -0.05) is 27.2 Å². The van der Waals surface area contributed by atoms with Crippen LogP contribution in [0, 0.1) is 0 Å². The van der Waals surface area contributed by atoms with Crippen LogP contribution >= 0.6 is 11.3 Å². The largest absolute Gasteiger partial charge is 0.314 e. The van der Waals surface area contributed by atoms with E-state index in [1.54, 1.807) is 4.88 Å². The standard InChI is InChI=1S/C16H27NS/c1-16(2,3)15-11-10-14(18-15)7-5-4-6-12-17-13-8-9-13/h10-11,13,17H,4-9,12H2,1-3H3. The summed E-state index contributed by atoms with van der Waals surface area (Å²) in [7, 11) is 0. The van der Waals surface area contributed by atoms with Gasteiger partial charge in [0.1, 0.15) is 0 Å². The number of unbranched alkanes of at least 4 members (excludes halogenated alkanes) is 2. The van der Waals surface area contributed by atoms with Crippen molar-refractivity contribution in [2.75, 3.05) is 6.54 Å². The van der Waals surface area contributed by atoms with Crippen LogP contribution in [0.4, 0.5) is 0 Å². The molecule has 0 bridgehead atoms. The number of hydrogen-bond donors (Lipinski definition) is 1. The molecule has 1 aliphatic carbocycles. The maximum absolute atomic E-state index is 3.58. The van der Waals surface area contributed by atoms with Gasteiger partial charge in [-0.05, 0) is 56.2 Å². The molecule has 0 radical (unpaired) electrons. The lowest BCUT2D eigenvalue weighted by Gasteiger charge is -2.15. The van der Waals surface area contributed by atoms with Gasteiger partial charge < -0.3 is 5.32 Å². The normalized spacial score (nSPS) is 16.2. The zero-order valence-electron chi connectivity index (χ0n) is 12.1. The zero-order valence-corrected chi connectivity index (χ0v) is 12.9. The van der Waals surface area contributed by atoms with Gasteiger partial charge in [0.25, 0.3) is 0 Å². The minimum Gasteiger partial charge on any atom is -0.314 e. The quantitative estimate of drug-likeness (QED) is 0.715. The van der Waals surface area contributed by atoms with Gasteiger partial charge in [0.2, 0.25) is 0 Å². The van der Waals surface area contributed by atoms with Gasteiger partial charge in [-0.2, -0.15) is 0 Å². The third-order valence-corrected chi connectivity index (χ3v) is 5.08. The number of nitrogens with one attached hydrogen (secondary N) is 1. The lowest BCUT2D eigenvalue weighted by Crippen LogP contribution is -2.17. The summed E-state index contributed by atoms with van der Waals surface area (Å²) < 4.78 is 0. The molecule has 0 aliphatic heterocycles. The van der Waals surface area contributed by atoms with E-state index in [9.17, 15) is 0 Å². The van der Waals surface area contributed by atoms with Crippen molar-refractivity contribution in [1.82, 2.24) is 5.32 Å². The van der Waals surface area contributed by atoms with Gasteiger partial charge in [-0.3, -0.25) is 0 Å². The van der Waals surface area contributed by atoms with Gasteiger partial charge in [0, 0.05) is 15.8 Å². The van der Waals surface area contributed by atoms with E-state index in [0.717, 1.165) is 6.04 Å². The highest BCUT2D eigenvalue weighted by molar-refractivity contribution is 7.12. The summed E-state index contributed by atoms with van der Waals surface area (Å²) in [5.74, 6) is 0. The van der Waals surface area contributed by atoms with E-state index in [2.05, 4.69) is 38.2 Å². The Kier molecular flexibility index (Phi) is 4.85. The highest BCUT2D eigenvalue weighted by atomic mass is 32.1. The van der Waals surface area contributed by atoms with Gasteiger partial charge in [0.15, 0.2) is 0 Å². The Labute approximate surface area is 116 Å². The lowest BCUT2D eigenvalue weighted by molar-refractivity contribution is 0.601. The maximum atomic E-state index is 3.58. The monoisotopic (exact) mass is 265 g/mol. The first-order valence-electron chi connectivity index (χ1n) is 7.38. The number of aryl methyl sites for hydroxylation is 1. The first-order chi connectivity index (χ1) is 8.55. The fourth-order valence-electron chi connectivity index (χ4n) is 2.11. The Morgan fingerprint density at radius 3 is 2.56 bits per heavy atom. The molecule has 2 rings (SSSR count). The van der Waals surface area contributed by atoms with Crippen molar-refractivity contribution in [2.24, 2.45) is 0 Å². The topological polar surface area (TPSA) is 12.0 Å². The van der Waals surface area contributed by atoms with Crippen molar-refractivity contribution in [2.45, 2.75) is 70.8 Å². The van der Waals surface area contributed by atoms with Crippen molar-refractivity contribution in [3.05, 3.63) is 21.9 Å². The molecule has 0 saturated heterocycles. The van der Waals surface area contributed by atoms with E-state index in [1.165, 1.54) is 49.9 Å². The predicted molar refractivity (Wildman–Crippen MR) is 81.6 cm³/mol. The Bertz CT molecular complexity index is 357. The summed E-state index contributed by atoms with van der Waals surface area (Å²) in [6.07, 6.45) is 8.13. The molecule has 1 nitrogen and oxygen atoms in total. The molecule has 0 spiro atoms. The minimum atomic E-state index is 0.317. The molecular formula is C16H27NS. The average Bonchev–Trinajstić information content (AvgIpc) is 2.98. The molecular weight excluding hydrogens is 238 g/mol. The fraction of sp³-hybridized carbons (Fsp3) is 0.750. The Morgan fingerprint density at radius 1 is 1.17 bits per heavy atom. The SMILES string of the molecule is CC(C)(C)c1ccc(CCCCCNC2CC2)s1. The lowest BCUT2D eigenvalue weighted by atomic mass is 9.95. The van der Waals surface area contributed by atoms with Crippen molar-refractivity contribution >= 4 is 11.3 Å². The van der Waals surface area contributed by atoms with Crippen molar-refractivity contribution in [1.29, 1.82) is 0 Å². The maximum Gasteiger partial charge on any atom is 0.0102 e. The summed E-state index contributed by atoms with van der Waals surface area (Å²) >= 11 is 2.00. The first-order valence-corrected chi connectivity index (χ1v) is 8.20. The molecule has 0 amide bonds. The number of hydrogen-bond acceptors (Lipinski definition) is 2. The Morgan fingerprint density at radius 2 is 1.94 bits per heavy atom. The Balaban J connectivity index is 1.59. The summed E-state index contributed by atoms with van der Waals surface area (Å²) in [4.78, 5) is 3.09. The second kappa shape index (κ2) is 6.21. The van der Waals surface area contributed by atoms with Crippen molar-refractivity contribution < 1.29 is 0 Å². The first kappa shape index (κ1) is 14.1. The summed E-state index contributed by atoms with van der Waals surface area (Å²) in [5, 5.41) is 3.58. The zero-order chi connectivity index (χ0) is 13.0. The predicted octanol–water partition coefficient (Wildman–Crippen LogP) is 4.51. The van der Waals surface area contributed by atoms with Crippen LogP contribution in [-0.2, 0) is 11.8 Å². The molecule has 0 unspecified atom stereocenters. The minimum absolute atomic E-state index is 0.317. The van der Waals surface area contributed by atoms with Gasteiger partial charge in [-0.25, -0.2) is 0 Å². The van der Waals surface area contributed by atoms with Crippen LogP contribution in [-0.4, -0.2) is 12.6 Å². The van der Waals surface area contributed by atoms with Crippen LogP contribution < -0.4 is 5.32 Å². The van der Waals surface area contributed by atoms with Gasteiger partial charge >= 0.3 is 0 Å². The number of thiophene rings is 1. The van der Waals surface area contributed by atoms with Gasteiger partial charge in [-0.15, -0.1) is 11.3 Å². The molecule has 1 aromatic rings. The summed E-state index contributed by atoms with van der Waals surface area (Å²) in [5.41, 5.74) is 0.317. The third-order valence-electron chi connectivity index (χ3n) is 3.51. The highest BCUT2D eigenvalue weighted by Gasteiger charge is 2.19. The fourth-order valence-corrected chi connectivity index (χ4v) is 3.22. The second-order valence-corrected chi connectivity index (χ2v) is 7.72. The molecule has 2 heteroatoms. The molecule has 1 aliphatic rings. The van der Waals surface area contributed by atoms with Crippen LogP contribution in [0.25, 0.3) is 0 Å². The van der Waals surface area contributed by atoms with Gasteiger partial charge in [0.05, 0.1) is 0 Å². The average molecular weight is 265 g/mol. The van der Waals surface area contributed by atoms with Crippen LogP contribution in [0.15, 0.2) is 12.1 Å². The van der Waals surface area contributed by atoms with E-state index in [-0.39, 0.29) is 0 Å². The van der Waals surface area contributed by atoms with Crippen LogP contribution in [0.5, 0.6) is 0 Å². The summed E-state index contributed by atoms with van der Waals surface area (Å²) in [6, 6.07) is 5.51. The van der Waals surface area contributed by atoms with Crippen LogP contribution in [0.2, 0.25) is 0 Å². The third kappa shape index (κ3) is 4.74. The molecule has 1 fully saturated rings. The molecule has 102 valence electrons. The van der Waals surface area contributed by atoms with Crippen molar-refractivity contribution in [3.63, 3.8) is 0 Å². The van der Waals surface area contributed by atoms with E-state index in [0.29, 0.717) is 5.41 Å². The number of rotatable bonds is 7. The molecule has 1 N–H and O–H groups in total. The van der Waals surface area contributed by atoms with E-state index in [4.69, 9.17) is 0 Å². The second-order valence-electron chi connectivity index (χ2n) is 6.56. The molecule has 0 aromatic carbocycles. The van der Waals surface area contributed by atoms with E-state index in [1.807, 2.05) is 11.3 Å². The molecule has 1 heterocycles. The summed E-state index contributed by atoms with van der Waals surface area (Å²) in [6.45, 7) is 8.12. The molecule has 1 saturated carbocycles. The molecule has 1 aromatic heterocycles. The van der Waals surface area contributed by atoms with Crippen LogP contribution in [0.1, 0.15) is 62.6 Å². The smallest absolute Gasteiger partial charge is 0.0102 e. The van der Waals surface area contributed by atoms with E-state index < -0.39 is 0 Å². The molecule has 0 atom stereocenters.